The fraction of sp³-hybridized carbons (Fsp3) is 0.917. The van der Waals surface area contributed by atoms with Gasteiger partial charge in [0.2, 0.25) is 0 Å². The lowest BCUT2D eigenvalue weighted by Gasteiger charge is -2.41. The molecular formula is C12H22O3. The predicted molar refractivity (Wildman–Crippen MR) is 58.9 cm³/mol. The highest BCUT2D eigenvalue weighted by molar-refractivity contribution is 5.91. The lowest BCUT2D eigenvalue weighted by Crippen LogP contribution is -2.51. The molecule has 0 radical (unpaired) electrons. The Hall–Kier alpha value is -0.410. The third-order valence-corrected chi connectivity index (χ3v) is 3.08. The Balaban J connectivity index is 2.00. The van der Waals surface area contributed by atoms with Crippen molar-refractivity contribution < 1.29 is 14.3 Å². The number of unbranched alkanes of at least 4 members (excludes halogenated alkanes) is 1. The minimum atomic E-state index is -0.274. The molecule has 0 aromatic carbocycles. The molecule has 0 aromatic rings. The molecule has 1 rings (SSSR count). The molecule has 0 aliphatic heterocycles. The van der Waals surface area contributed by atoms with Crippen LogP contribution in [0.1, 0.15) is 40.0 Å². The fourth-order valence-electron chi connectivity index (χ4n) is 1.60. The van der Waals surface area contributed by atoms with E-state index in [9.17, 15) is 4.79 Å². The molecule has 0 heterocycles. The van der Waals surface area contributed by atoms with E-state index < -0.39 is 0 Å². The van der Waals surface area contributed by atoms with E-state index in [2.05, 4.69) is 6.92 Å². The third kappa shape index (κ3) is 3.28. The lowest BCUT2D eigenvalue weighted by atomic mass is 9.68. The summed E-state index contributed by atoms with van der Waals surface area (Å²) in [4.78, 5) is 11.2. The first-order valence-corrected chi connectivity index (χ1v) is 5.81. The van der Waals surface area contributed by atoms with Gasteiger partial charge in [-0.2, -0.15) is 0 Å². The minimum Gasteiger partial charge on any atom is -0.379 e. The summed E-state index contributed by atoms with van der Waals surface area (Å²) in [5.74, 6) is 0.305. The van der Waals surface area contributed by atoms with Crippen molar-refractivity contribution in [3.63, 3.8) is 0 Å². The maximum absolute atomic E-state index is 11.2. The van der Waals surface area contributed by atoms with Crippen molar-refractivity contribution in [1.82, 2.24) is 0 Å². The van der Waals surface area contributed by atoms with Crippen LogP contribution in [0.4, 0.5) is 0 Å². The minimum absolute atomic E-state index is 0.0970. The van der Waals surface area contributed by atoms with Gasteiger partial charge in [0.25, 0.3) is 0 Å². The molecule has 0 bridgehead atoms. The number of carbonyl (C=O) groups is 1. The second-order valence-corrected chi connectivity index (χ2v) is 4.67. The molecule has 3 nitrogen and oxygen atoms in total. The largest absolute Gasteiger partial charge is 0.379 e. The van der Waals surface area contributed by atoms with Gasteiger partial charge in [-0.15, -0.1) is 0 Å². The molecule has 0 saturated heterocycles. The van der Waals surface area contributed by atoms with Gasteiger partial charge in [-0.3, -0.25) is 4.79 Å². The third-order valence-electron chi connectivity index (χ3n) is 3.08. The van der Waals surface area contributed by atoms with Gasteiger partial charge < -0.3 is 9.47 Å². The van der Waals surface area contributed by atoms with E-state index in [1.54, 1.807) is 0 Å². The van der Waals surface area contributed by atoms with Crippen molar-refractivity contribution >= 4 is 5.78 Å². The number of hydrogen-bond donors (Lipinski definition) is 0. The number of rotatable bonds is 7. The maximum atomic E-state index is 11.2. The maximum Gasteiger partial charge on any atom is 0.143 e. The van der Waals surface area contributed by atoms with E-state index >= 15 is 0 Å². The summed E-state index contributed by atoms with van der Waals surface area (Å²) >= 11 is 0. The second kappa shape index (κ2) is 5.61. The first-order valence-electron chi connectivity index (χ1n) is 5.81. The van der Waals surface area contributed by atoms with Crippen molar-refractivity contribution in [2.24, 2.45) is 5.41 Å². The Bertz CT molecular complexity index is 211. The number of ketones is 1. The monoisotopic (exact) mass is 214 g/mol. The van der Waals surface area contributed by atoms with Crippen LogP contribution >= 0.6 is 0 Å². The normalized spacial score (nSPS) is 23.9. The van der Waals surface area contributed by atoms with Gasteiger partial charge in [0.1, 0.15) is 5.78 Å². The average Bonchev–Trinajstić information content (AvgIpc) is 2.21. The molecule has 0 aromatic heterocycles. The van der Waals surface area contributed by atoms with Crippen LogP contribution in [0.25, 0.3) is 0 Å². The smallest absolute Gasteiger partial charge is 0.143 e. The van der Waals surface area contributed by atoms with Gasteiger partial charge in [0.15, 0.2) is 0 Å². The van der Waals surface area contributed by atoms with Crippen molar-refractivity contribution in [3.05, 3.63) is 0 Å². The van der Waals surface area contributed by atoms with Crippen LogP contribution in [0.3, 0.4) is 0 Å². The SMILES string of the molecule is CCCCOCCOC1CC(=O)C1(C)C. The summed E-state index contributed by atoms with van der Waals surface area (Å²) in [7, 11) is 0. The van der Waals surface area contributed by atoms with Crippen LogP contribution in [0.5, 0.6) is 0 Å². The predicted octanol–water partition coefficient (Wildman–Crippen LogP) is 2.19. The Morgan fingerprint density at radius 1 is 1.33 bits per heavy atom. The molecular weight excluding hydrogens is 192 g/mol. The van der Waals surface area contributed by atoms with E-state index in [-0.39, 0.29) is 11.5 Å². The average molecular weight is 214 g/mol. The highest BCUT2D eigenvalue weighted by Gasteiger charge is 2.47. The fourth-order valence-corrected chi connectivity index (χ4v) is 1.60. The second-order valence-electron chi connectivity index (χ2n) is 4.67. The van der Waals surface area contributed by atoms with Gasteiger partial charge in [0, 0.05) is 13.0 Å². The molecule has 1 fully saturated rings. The Morgan fingerprint density at radius 2 is 2.07 bits per heavy atom. The van der Waals surface area contributed by atoms with Crippen LogP contribution in [-0.2, 0) is 14.3 Å². The molecule has 0 spiro atoms. The van der Waals surface area contributed by atoms with E-state index in [0.717, 1.165) is 19.4 Å². The zero-order chi connectivity index (χ0) is 11.3. The molecule has 3 heteroatoms. The summed E-state index contributed by atoms with van der Waals surface area (Å²) in [5, 5.41) is 0. The molecule has 0 amide bonds. The van der Waals surface area contributed by atoms with Crippen LogP contribution in [-0.4, -0.2) is 31.7 Å². The standard InChI is InChI=1S/C12H22O3/c1-4-5-6-14-7-8-15-11-9-10(13)12(11,2)3/h11H,4-9H2,1-3H3. The molecule has 1 aliphatic rings. The van der Waals surface area contributed by atoms with Crippen molar-refractivity contribution in [3.8, 4) is 0 Å². The van der Waals surface area contributed by atoms with Crippen molar-refractivity contribution in [2.45, 2.75) is 46.1 Å². The molecule has 0 N–H and O–H groups in total. The topological polar surface area (TPSA) is 35.5 Å². The van der Waals surface area contributed by atoms with E-state index in [4.69, 9.17) is 9.47 Å². The van der Waals surface area contributed by atoms with E-state index in [1.807, 2.05) is 13.8 Å². The van der Waals surface area contributed by atoms with Gasteiger partial charge in [-0.05, 0) is 6.42 Å². The van der Waals surface area contributed by atoms with Gasteiger partial charge in [-0.1, -0.05) is 27.2 Å². The van der Waals surface area contributed by atoms with E-state index in [0.29, 0.717) is 25.4 Å². The summed E-state index contributed by atoms with van der Waals surface area (Å²) in [6.45, 7) is 8.09. The van der Waals surface area contributed by atoms with Crippen molar-refractivity contribution in [1.29, 1.82) is 0 Å². The molecule has 1 atom stereocenters. The Kier molecular flexibility index (Phi) is 4.74. The van der Waals surface area contributed by atoms with Crippen LogP contribution < -0.4 is 0 Å². The Labute approximate surface area is 92.1 Å². The summed E-state index contributed by atoms with van der Waals surface area (Å²) < 4.78 is 11.0. The van der Waals surface area contributed by atoms with Gasteiger partial charge >= 0.3 is 0 Å². The zero-order valence-corrected chi connectivity index (χ0v) is 10.0. The quantitative estimate of drug-likeness (QED) is 0.609. The number of ether oxygens (including phenoxy) is 2. The molecule has 88 valence electrons. The van der Waals surface area contributed by atoms with Gasteiger partial charge in [0.05, 0.1) is 24.7 Å². The summed E-state index contributed by atoms with van der Waals surface area (Å²) in [6, 6.07) is 0. The number of hydrogen-bond acceptors (Lipinski definition) is 3. The molecule has 1 saturated carbocycles. The molecule has 1 unspecified atom stereocenters. The van der Waals surface area contributed by atoms with Crippen molar-refractivity contribution in [2.75, 3.05) is 19.8 Å². The zero-order valence-electron chi connectivity index (χ0n) is 10.0. The van der Waals surface area contributed by atoms with Crippen LogP contribution in [0.15, 0.2) is 0 Å². The first-order chi connectivity index (χ1) is 7.09. The van der Waals surface area contributed by atoms with Crippen LogP contribution in [0.2, 0.25) is 0 Å². The highest BCUT2D eigenvalue weighted by Crippen LogP contribution is 2.38. The molecule has 1 aliphatic carbocycles. The van der Waals surface area contributed by atoms with Gasteiger partial charge in [-0.25, -0.2) is 0 Å². The molecule has 15 heavy (non-hydrogen) atoms. The highest BCUT2D eigenvalue weighted by atomic mass is 16.5. The first kappa shape index (κ1) is 12.7. The summed E-state index contributed by atoms with van der Waals surface area (Å²) in [6.07, 6.45) is 2.93. The Morgan fingerprint density at radius 3 is 2.60 bits per heavy atom. The van der Waals surface area contributed by atoms with E-state index in [1.165, 1.54) is 0 Å². The van der Waals surface area contributed by atoms with Crippen LogP contribution in [0, 0.1) is 5.41 Å². The summed E-state index contributed by atoms with van der Waals surface area (Å²) in [5.41, 5.74) is -0.274. The lowest BCUT2D eigenvalue weighted by molar-refractivity contribution is -0.160. The number of carbonyl (C=O) groups excluding carboxylic acids is 1. The number of Topliss-reactive ketones (excluding diaryl/α,β-unsaturated/α-hetero) is 1.